The van der Waals surface area contributed by atoms with Gasteiger partial charge in [-0.15, -0.1) is 0 Å². The van der Waals surface area contributed by atoms with Gasteiger partial charge in [0.05, 0.1) is 15.6 Å². The van der Waals surface area contributed by atoms with Crippen molar-refractivity contribution in [2.75, 3.05) is 13.7 Å². The molecule has 4 heteroatoms. The van der Waals surface area contributed by atoms with Crippen molar-refractivity contribution in [2.45, 2.75) is 44.2 Å². The minimum Gasteiger partial charge on any atom is -0.374 e. The molecular weight excluding hydrogens is 281 g/mol. The highest BCUT2D eigenvalue weighted by Gasteiger charge is 2.36. The molecule has 0 saturated carbocycles. The summed E-state index contributed by atoms with van der Waals surface area (Å²) in [6.45, 7) is 3.03. The molecule has 2 rings (SSSR count). The van der Waals surface area contributed by atoms with Gasteiger partial charge in [-0.2, -0.15) is 0 Å². The lowest BCUT2D eigenvalue weighted by Gasteiger charge is -2.40. The van der Waals surface area contributed by atoms with Gasteiger partial charge in [0, 0.05) is 12.6 Å². The molecule has 0 bridgehead atoms. The van der Waals surface area contributed by atoms with E-state index in [9.17, 15) is 0 Å². The largest absolute Gasteiger partial charge is 0.374 e. The van der Waals surface area contributed by atoms with Crippen LogP contribution in [0, 0.1) is 0 Å². The van der Waals surface area contributed by atoms with E-state index in [-0.39, 0.29) is 11.6 Å². The fourth-order valence-electron chi connectivity index (χ4n) is 2.78. The van der Waals surface area contributed by atoms with Gasteiger partial charge in [0.25, 0.3) is 0 Å². The molecule has 1 aliphatic rings. The van der Waals surface area contributed by atoms with Crippen LogP contribution in [0.4, 0.5) is 0 Å². The molecule has 2 nitrogen and oxygen atoms in total. The fourth-order valence-corrected chi connectivity index (χ4v) is 3.18. The maximum atomic E-state index is 6.28. The van der Waals surface area contributed by atoms with Crippen LogP contribution in [0.3, 0.4) is 0 Å². The van der Waals surface area contributed by atoms with E-state index in [1.54, 1.807) is 0 Å². The summed E-state index contributed by atoms with van der Waals surface area (Å²) in [7, 11) is 1.98. The van der Waals surface area contributed by atoms with E-state index < -0.39 is 0 Å². The van der Waals surface area contributed by atoms with Gasteiger partial charge in [0.15, 0.2) is 0 Å². The van der Waals surface area contributed by atoms with Crippen LogP contribution >= 0.6 is 23.2 Å². The molecule has 0 amide bonds. The van der Waals surface area contributed by atoms with E-state index >= 15 is 0 Å². The predicted octanol–water partition coefficient (Wildman–Crippen LogP) is 4.08. The first kappa shape index (κ1) is 15.1. The molecule has 2 atom stereocenters. The van der Waals surface area contributed by atoms with Crippen molar-refractivity contribution >= 4 is 23.2 Å². The molecule has 0 radical (unpaired) electrons. The minimum atomic E-state index is -0.126. The molecule has 1 fully saturated rings. The van der Waals surface area contributed by atoms with Gasteiger partial charge >= 0.3 is 0 Å². The second-order valence-electron chi connectivity index (χ2n) is 5.38. The highest BCUT2D eigenvalue weighted by molar-refractivity contribution is 6.42. The number of ether oxygens (including phenoxy) is 1. The number of halogens is 2. The van der Waals surface area contributed by atoms with Gasteiger partial charge in [-0.1, -0.05) is 35.3 Å². The van der Waals surface area contributed by atoms with Crippen LogP contribution < -0.4 is 5.32 Å². The Morgan fingerprint density at radius 3 is 2.79 bits per heavy atom. The molecule has 1 heterocycles. The number of likely N-dealkylation sites (N-methyl/N-ethyl adjacent to an activating group) is 1. The van der Waals surface area contributed by atoms with Crippen molar-refractivity contribution in [1.29, 1.82) is 0 Å². The number of hydrogen-bond acceptors (Lipinski definition) is 2. The maximum Gasteiger partial charge on any atom is 0.0809 e. The monoisotopic (exact) mass is 301 g/mol. The topological polar surface area (TPSA) is 21.3 Å². The van der Waals surface area contributed by atoms with Crippen LogP contribution in [0.1, 0.15) is 31.7 Å². The smallest absolute Gasteiger partial charge is 0.0809 e. The van der Waals surface area contributed by atoms with Crippen molar-refractivity contribution < 1.29 is 4.74 Å². The molecule has 0 spiro atoms. The Bertz CT molecular complexity index is 430. The van der Waals surface area contributed by atoms with Crippen LogP contribution in [0.25, 0.3) is 0 Å². The van der Waals surface area contributed by atoms with E-state index in [1.807, 2.05) is 25.2 Å². The van der Waals surface area contributed by atoms with Crippen molar-refractivity contribution in [3.63, 3.8) is 0 Å². The second-order valence-corrected chi connectivity index (χ2v) is 6.16. The first-order valence-electron chi connectivity index (χ1n) is 6.81. The van der Waals surface area contributed by atoms with E-state index in [2.05, 4.69) is 12.2 Å². The number of benzene rings is 1. The maximum absolute atomic E-state index is 6.28. The normalized spacial score (nSPS) is 25.3. The fraction of sp³-hybridized carbons (Fsp3) is 0.600. The summed E-state index contributed by atoms with van der Waals surface area (Å²) in [5.41, 5.74) is 0.947. The molecule has 1 aromatic rings. The predicted molar refractivity (Wildman–Crippen MR) is 81.2 cm³/mol. The lowest BCUT2D eigenvalue weighted by molar-refractivity contribution is -0.0870. The molecule has 1 saturated heterocycles. The molecule has 1 N–H and O–H groups in total. The Morgan fingerprint density at radius 2 is 2.16 bits per heavy atom. The van der Waals surface area contributed by atoms with Crippen LogP contribution in [0.2, 0.25) is 10.0 Å². The summed E-state index contributed by atoms with van der Waals surface area (Å²) in [4.78, 5) is 0. The second kappa shape index (κ2) is 6.45. The molecule has 0 aliphatic carbocycles. The molecular formula is C15H21Cl2NO. The summed E-state index contributed by atoms with van der Waals surface area (Å²) in [6, 6.07) is 6.04. The van der Waals surface area contributed by atoms with Gasteiger partial charge in [-0.3, -0.25) is 0 Å². The molecule has 1 aromatic carbocycles. The first-order valence-corrected chi connectivity index (χ1v) is 7.56. The highest BCUT2D eigenvalue weighted by Crippen LogP contribution is 2.32. The average molecular weight is 302 g/mol. The summed E-state index contributed by atoms with van der Waals surface area (Å²) in [6.07, 6.45) is 4.28. The quantitative estimate of drug-likeness (QED) is 0.904. The van der Waals surface area contributed by atoms with E-state index in [4.69, 9.17) is 27.9 Å². The van der Waals surface area contributed by atoms with Crippen LogP contribution in [-0.4, -0.2) is 25.3 Å². The van der Waals surface area contributed by atoms with E-state index in [0.29, 0.717) is 10.0 Å². The van der Waals surface area contributed by atoms with Crippen molar-refractivity contribution in [1.82, 2.24) is 5.32 Å². The third-order valence-corrected chi connectivity index (χ3v) is 4.90. The summed E-state index contributed by atoms with van der Waals surface area (Å²) >= 11 is 12.4. The van der Waals surface area contributed by atoms with Crippen LogP contribution in [0.15, 0.2) is 18.2 Å². The van der Waals surface area contributed by atoms with Gasteiger partial charge in [-0.05, 0) is 51.3 Å². The summed E-state index contributed by atoms with van der Waals surface area (Å²) in [5.74, 6) is 0. The highest BCUT2D eigenvalue weighted by atomic mass is 35.5. The molecule has 19 heavy (non-hydrogen) atoms. The van der Waals surface area contributed by atoms with Crippen molar-refractivity contribution in [3.8, 4) is 0 Å². The zero-order valence-corrected chi connectivity index (χ0v) is 13.0. The Labute approximate surface area is 125 Å². The van der Waals surface area contributed by atoms with Crippen LogP contribution in [0.5, 0.6) is 0 Å². The number of rotatable bonds is 4. The summed E-state index contributed by atoms with van der Waals surface area (Å²) < 4.78 is 6.02. The van der Waals surface area contributed by atoms with Gasteiger partial charge < -0.3 is 10.1 Å². The summed E-state index contributed by atoms with van der Waals surface area (Å²) in [5, 5.41) is 4.65. The molecule has 106 valence electrons. The van der Waals surface area contributed by atoms with Gasteiger partial charge in [0.1, 0.15) is 0 Å². The van der Waals surface area contributed by atoms with Gasteiger partial charge in [0.2, 0.25) is 0 Å². The standard InChI is InChI=1S/C15H21Cl2NO/c1-15(8-3-4-9-19-15)13(18-2)10-11-6-5-7-12(16)14(11)17/h5-7,13,18H,3-4,8-10H2,1-2H3. The van der Waals surface area contributed by atoms with Gasteiger partial charge in [-0.25, -0.2) is 0 Å². The van der Waals surface area contributed by atoms with Crippen molar-refractivity contribution in [2.24, 2.45) is 0 Å². The lowest BCUT2D eigenvalue weighted by atomic mass is 9.85. The molecule has 2 unspecified atom stereocenters. The third kappa shape index (κ3) is 3.43. The minimum absolute atomic E-state index is 0.126. The number of nitrogens with one attached hydrogen (secondary N) is 1. The Hall–Kier alpha value is -0.280. The Balaban J connectivity index is 2.16. The zero-order chi connectivity index (χ0) is 13.9. The van der Waals surface area contributed by atoms with E-state index in [1.165, 1.54) is 6.42 Å². The average Bonchev–Trinajstić information content (AvgIpc) is 2.41. The first-order chi connectivity index (χ1) is 9.07. The lowest BCUT2D eigenvalue weighted by Crippen LogP contribution is -2.52. The van der Waals surface area contributed by atoms with Crippen LogP contribution in [-0.2, 0) is 11.2 Å². The Kier molecular flexibility index (Phi) is 5.13. The number of hydrogen-bond donors (Lipinski definition) is 1. The molecule has 1 aliphatic heterocycles. The Morgan fingerprint density at radius 1 is 1.37 bits per heavy atom. The van der Waals surface area contributed by atoms with E-state index in [0.717, 1.165) is 31.4 Å². The zero-order valence-electron chi connectivity index (χ0n) is 11.5. The molecule has 0 aromatic heterocycles. The third-order valence-electron chi connectivity index (χ3n) is 4.04. The van der Waals surface area contributed by atoms with Crippen molar-refractivity contribution in [3.05, 3.63) is 33.8 Å². The SMILES string of the molecule is CNC(Cc1cccc(Cl)c1Cl)C1(C)CCCCO1.